The lowest BCUT2D eigenvalue weighted by Gasteiger charge is -2.33. The zero-order chi connectivity index (χ0) is 21.3. The highest BCUT2D eigenvalue weighted by molar-refractivity contribution is 5.76. The maximum Gasteiger partial charge on any atom is 0.348 e. The monoisotopic (exact) mass is 411 g/mol. The van der Waals surface area contributed by atoms with E-state index in [0.717, 1.165) is 44.6 Å². The molecule has 0 spiro atoms. The van der Waals surface area contributed by atoms with Gasteiger partial charge in [-0.2, -0.15) is 4.98 Å². The van der Waals surface area contributed by atoms with Crippen LogP contribution in [0.2, 0.25) is 0 Å². The normalized spacial score (nSPS) is 17.9. The summed E-state index contributed by atoms with van der Waals surface area (Å²) in [5.74, 6) is 2.58. The van der Waals surface area contributed by atoms with E-state index in [1.807, 2.05) is 24.1 Å². The third kappa shape index (κ3) is 4.35. The molecule has 1 amide bonds. The molecule has 1 aliphatic heterocycles. The quantitative estimate of drug-likeness (QED) is 0.733. The minimum atomic E-state index is -0.339. The molecule has 0 N–H and O–H groups in total. The average Bonchev–Trinajstić information content (AvgIpc) is 3.02. The average molecular weight is 412 g/mol. The van der Waals surface area contributed by atoms with E-state index in [-0.39, 0.29) is 18.1 Å². The maximum absolute atomic E-state index is 12.7. The van der Waals surface area contributed by atoms with Crippen LogP contribution in [0.15, 0.2) is 17.1 Å². The Bertz CT molecular complexity index is 964. The summed E-state index contributed by atoms with van der Waals surface area (Å²) in [5, 5.41) is 0. The predicted molar refractivity (Wildman–Crippen MR) is 115 cm³/mol. The second-order valence-corrected chi connectivity index (χ2v) is 9.06. The summed E-state index contributed by atoms with van der Waals surface area (Å²) in [5.41, 5.74) is 2.40. The highest BCUT2D eigenvalue weighted by Gasteiger charge is 2.26. The standard InChI is InChI=1S/C23H33N5O2/c1-16-13-17(2)28(23(30)25-16)15-21(29)26-10-7-19(8-11-26)9-12-27-18(3)14-24-22(27)20-5-4-6-20/h13-14,19-20H,4-12,15H2,1-3H3. The van der Waals surface area contributed by atoms with Crippen LogP contribution in [0, 0.1) is 26.7 Å². The van der Waals surface area contributed by atoms with Gasteiger partial charge in [0.2, 0.25) is 5.91 Å². The molecule has 162 valence electrons. The van der Waals surface area contributed by atoms with Crippen LogP contribution < -0.4 is 5.69 Å². The molecule has 0 bridgehead atoms. The molecule has 4 rings (SSSR count). The van der Waals surface area contributed by atoms with Gasteiger partial charge in [-0.1, -0.05) is 6.42 Å². The van der Waals surface area contributed by atoms with Gasteiger partial charge in [0, 0.05) is 48.8 Å². The largest absolute Gasteiger partial charge is 0.348 e. The van der Waals surface area contributed by atoms with Crippen molar-refractivity contribution in [1.82, 2.24) is 24.0 Å². The predicted octanol–water partition coefficient (Wildman–Crippen LogP) is 2.96. The summed E-state index contributed by atoms with van der Waals surface area (Å²) in [6, 6.07) is 1.84. The van der Waals surface area contributed by atoms with Gasteiger partial charge in [-0.3, -0.25) is 9.36 Å². The lowest BCUT2D eigenvalue weighted by atomic mass is 9.84. The van der Waals surface area contributed by atoms with E-state index in [0.29, 0.717) is 17.5 Å². The van der Waals surface area contributed by atoms with Gasteiger partial charge < -0.3 is 9.47 Å². The highest BCUT2D eigenvalue weighted by Crippen LogP contribution is 2.36. The molecule has 7 heteroatoms. The van der Waals surface area contributed by atoms with Gasteiger partial charge >= 0.3 is 5.69 Å². The Morgan fingerprint density at radius 1 is 1.07 bits per heavy atom. The summed E-state index contributed by atoms with van der Waals surface area (Å²) in [7, 11) is 0. The first-order valence-corrected chi connectivity index (χ1v) is 11.3. The van der Waals surface area contributed by atoms with Gasteiger partial charge in [-0.05, 0) is 64.9 Å². The fourth-order valence-corrected chi connectivity index (χ4v) is 4.75. The topological polar surface area (TPSA) is 73.0 Å². The molecule has 1 aliphatic carbocycles. The minimum absolute atomic E-state index is 0.0158. The fourth-order valence-electron chi connectivity index (χ4n) is 4.75. The molecule has 2 aromatic heterocycles. The molecule has 2 aromatic rings. The van der Waals surface area contributed by atoms with Crippen molar-refractivity contribution < 1.29 is 4.79 Å². The van der Waals surface area contributed by atoms with Crippen LogP contribution in [0.4, 0.5) is 0 Å². The maximum atomic E-state index is 12.7. The number of hydrogen-bond acceptors (Lipinski definition) is 4. The number of nitrogens with zero attached hydrogens (tertiary/aromatic N) is 5. The van der Waals surface area contributed by atoms with E-state index in [1.54, 1.807) is 6.92 Å². The third-order valence-corrected chi connectivity index (χ3v) is 6.92. The molecule has 0 unspecified atom stereocenters. The molecule has 1 saturated heterocycles. The van der Waals surface area contributed by atoms with E-state index in [1.165, 1.54) is 35.3 Å². The number of carbonyl (C=O) groups excluding carboxylic acids is 1. The number of aryl methyl sites for hydroxylation is 3. The first kappa shape index (κ1) is 20.8. The highest BCUT2D eigenvalue weighted by atomic mass is 16.2. The van der Waals surface area contributed by atoms with Crippen LogP contribution in [0.3, 0.4) is 0 Å². The fraction of sp³-hybridized carbons (Fsp3) is 0.652. The van der Waals surface area contributed by atoms with Crippen molar-refractivity contribution in [3.8, 4) is 0 Å². The van der Waals surface area contributed by atoms with Crippen molar-refractivity contribution in [2.24, 2.45) is 5.92 Å². The minimum Gasteiger partial charge on any atom is -0.341 e. The van der Waals surface area contributed by atoms with Gasteiger partial charge in [0.05, 0.1) is 0 Å². The van der Waals surface area contributed by atoms with Gasteiger partial charge in [0.1, 0.15) is 12.4 Å². The lowest BCUT2D eigenvalue weighted by molar-refractivity contribution is -0.133. The van der Waals surface area contributed by atoms with Crippen molar-refractivity contribution in [3.05, 3.63) is 45.7 Å². The Hall–Kier alpha value is -2.44. The van der Waals surface area contributed by atoms with Crippen LogP contribution >= 0.6 is 0 Å². The van der Waals surface area contributed by atoms with E-state index in [9.17, 15) is 9.59 Å². The van der Waals surface area contributed by atoms with Gasteiger partial charge in [-0.25, -0.2) is 9.78 Å². The Morgan fingerprint density at radius 2 is 1.80 bits per heavy atom. The van der Waals surface area contributed by atoms with Crippen LogP contribution in [0.1, 0.15) is 67.3 Å². The van der Waals surface area contributed by atoms with E-state index in [2.05, 4.69) is 21.5 Å². The van der Waals surface area contributed by atoms with Crippen LogP contribution in [-0.4, -0.2) is 43.0 Å². The molecular weight excluding hydrogens is 378 g/mol. The molecule has 0 aromatic carbocycles. The molecule has 2 aliphatic rings. The number of aromatic nitrogens is 4. The molecule has 0 radical (unpaired) electrons. The molecule has 7 nitrogen and oxygen atoms in total. The Balaban J connectivity index is 1.29. The summed E-state index contributed by atoms with van der Waals surface area (Å²) in [6.45, 7) is 8.46. The lowest BCUT2D eigenvalue weighted by Crippen LogP contribution is -2.42. The van der Waals surface area contributed by atoms with Crippen molar-refractivity contribution in [3.63, 3.8) is 0 Å². The second-order valence-electron chi connectivity index (χ2n) is 9.06. The number of hydrogen-bond donors (Lipinski definition) is 0. The second kappa shape index (κ2) is 8.74. The third-order valence-electron chi connectivity index (χ3n) is 6.92. The first-order chi connectivity index (χ1) is 14.4. The summed E-state index contributed by atoms with van der Waals surface area (Å²) >= 11 is 0. The summed E-state index contributed by atoms with van der Waals surface area (Å²) in [6.07, 6.45) is 9.08. The molecule has 0 atom stereocenters. The summed E-state index contributed by atoms with van der Waals surface area (Å²) in [4.78, 5) is 35.4. The summed E-state index contributed by atoms with van der Waals surface area (Å²) < 4.78 is 3.89. The van der Waals surface area contributed by atoms with Crippen molar-refractivity contribution >= 4 is 5.91 Å². The van der Waals surface area contributed by atoms with E-state index < -0.39 is 0 Å². The first-order valence-electron chi connectivity index (χ1n) is 11.3. The van der Waals surface area contributed by atoms with Crippen molar-refractivity contribution in [2.45, 2.75) is 78.3 Å². The zero-order valence-electron chi connectivity index (χ0n) is 18.4. The zero-order valence-corrected chi connectivity index (χ0v) is 18.4. The molecule has 1 saturated carbocycles. The number of carbonyl (C=O) groups is 1. The van der Waals surface area contributed by atoms with E-state index in [4.69, 9.17) is 0 Å². The number of rotatable bonds is 6. The van der Waals surface area contributed by atoms with Crippen LogP contribution in [0.25, 0.3) is 0 Å². The number of likely N-dealkylation sites (tertiary alicyclic amines) is 1. The number of imidazole rings is 1. The SMILES string of the molecule is Cc1cc(C)n(CC(=O)N2CCC(CCn3c(C)cnc3C3CCC3)CC2)c(=O)n1. The number of amides is 1. The Labute approximate surface area is 178 Å². The smallest absolute Gasteiger partial charge is 0.341 e. The molecule has 2 fully saturated rings. The Kier molecular flexibility index (Phi) is 6.06. The Morgan fingerprint density at radius 3 is 2.43 bits per heavy atom. The van der Waals surface area contributed by atoms with Gasteiger partial charge in [-0.15, -0.1) is 0 Å². The van der Waals surface area contributed by atoms with Gasteiger partial charge in [0.15, 0.2) is 0 Å². The molecular formula is C23H33N5O2. The van der Waals surface area contributed by atoms with Crippen LogP contribution in [-0.2, 0) is 17.9 Å². The van der Waals surface area contributed by atoms with Crippen LogP contribution in [0.5, 0.6) is 0 Å². The molecule has 30 heavy (non-hydrogen) atoms. The molecule has 3 heterocycles. The van der Waals surface area contributed by atoms with Gasteiger partial charge in [0.25, 0.3) is 0 Å². The van der Waals surface area contributed by atoms with Crippen molar-refractivity contribution in [2.75, 3.05) is 13.1 Å². The van der Waals surface area contributed by atoms with Crippen molar-refractivity contribution in [1.29, 1.82) is 0 Å². The van der Waals surface area contributed by atoms with E-state index >= 15 is 0 Å². The number of piperidine rings is 1.